The second-order valence-electron chi connectivity index (χ2n) is 6.86. The SMILES string of the molecule is CC(C)c1cc(N(C)C2CCOC2)nc(N(C)C2CCOC2)n1. The van der Waals surface area contributed by atoms with Gasteiger partial charge in [-0.2, -0.15) is 4.98 Å². The van der Waals surface area contributed by atoms with Gasteiger partial charge in [0.2, 0.25) is 5.95 Å². The van der Waals surface area contributed by atoms with Gasteiger partial charge in [0.05, 0.1) is 31.0 Å². The zero-order valence-corrected chi connectivity index (χ0v) is 14.7. The molecule has 6 heteroatoms. The lowest BCUT2D eigenvalue weighted by Gasteiger charge is -2.28. The topological polar surface area (TPSA) is 50.7 Å². The summed E-state index contributed by atoms with van der Waals surface area (Å²) < 4.78 is 11.0. The Labute approximate surface area is 138 Å². The van der Waals surface area contributed by atoms with Crippen LogP contribution in [0.4, 0.5) is 11.8 Å². The van der Waals surface area contributed by atoms with Gasteiger partial charge in [-0.1, -0.05) is 13.8 Å². The molecule has 2 unspecified atom stereocenters. The molecule has 128 valence electrons. The molecule has 0 bridgehead atoms. The summed E-state index contributed by atoms with van der Waals surface area (Å²) >= 11 is 0. The molecule has 0 saturated carbocycles. The number of likely N-dealkylation sites (N-methyl/N-ethyl adjacent to an activating group) is 2. The summed E-state index contributed by atoms with van der Waals surface area (Å²) in [5.74, 6) is 2.16. The van der Waals surface area contributed by atoms with Crippen LogP contribution in [-0.4, -0.2) is 62.6 Å². The Morgan fingerprint density at radius 1 is 1.00 bits per heavy atom. The number of anilines is 2. The first-order valence-corrected chi connectivity index (χ1v) is 8.56. The third-order valence-electron chi connectivity index (χ3n) is 4.90. The van der Waals surface area contributed by atoms with Crippen molar-refractivity contribution in [2.24, 2.45) is 0 Å². The first kappa shape index (κ1) is 16.5. The molecule has 2 aliphatic rings. The Morgan fingerprint density at radius 3 is 2.13 bits per heavy atom. The van der Waals surface area contributed by atoms with Crippen molar-refractivity contribution >= 4 is 11.8 Å². The van der Waals surface area contributed by atoms with Crippen LogP contribution in [0.2, 0.25) is 0 Å². The molecule has 1 aromatic rings. The van der Waals surface area contributed by atoms with E-state index in [1.54, 1.807) is 0 Å². The Balaban J connectivity index is 1.88. The van der Waals surface area contributed by atoms with Gasteiger partial charge in [-0.15, -0.1) is 0 Å². The molecule has 0 N–H and O–H groups in total. The normalized spacial score (nSPS) is 24.4. The molecule has 2 aliphatic heterocycles. The van der Waals surface area contributed by atoms with Crippen LogP contribution in [0.5, 0.6) is 0 Å². The van der Waals surface area contributed by atoms with Crippen LogP contribution in [0, 0.1) is 0 Å². The van der Waals surface area contributed by atoms with E-state index in [9.17, 15) is 0 Å². The quantitative estimate of drug-likeness (QED) is 0.828. The van der Waals surface area contributed by atoms with Crippen LogP contribution in [-0.2, 0) is 9.47 Å². The van der Waals surface area contributed by atoms with Crippen molar-refractivity contribution in [1.82, 2.24) is 9.97 Å². The Kier molecular flexibility index (Phi) is 5.02. The molecule has 0 amide bonds. The van der Waals surface area contributed by atoms with E-state index in [4.69, 9.17) is 19.4 Å². The Morgan fingerprint density at radius 2 is 1.61 bits per heavy atom. The van der Waals surface area contributed by atoms with Crippen molar-refractivity contribution in [2.75, 3.05) is 50.3 Å². The average Bonchev–Trinajstić information content (AvgIpc) is 3.26. The van der Waals surface area contributed by atoms with E-state index in [0.29, 0.717) is 18.0 Å². The van der Waals surface area contributed by atoms with Crippen molar-refractivity contribution in [3.63, 3.8) is 0 Å². The van der Waals surface area contributed by atoms with Gasteiger partial charge in [0, 0.05) is 33.4 Å². The standard InChI is InChI=1S/C17H28N4O2/c1-12(2)15-9-16(20(3)13-5-7-22-10-13)19-17(18-15)21(4)14-6-8-23-11-14/h9,12-14H,5-8,10-11H2,1-4H3. The van der Waals surface area contributed by atoms with E-state index < -0.39 is 0 Å². The monoisotopic (exact) mass is 320 g/mol. The van der Waals surface area contributed by atoms with Crippen LogP contribution in [0.1, 0.15) is 38.3 Å². The molecule has 0 aromatic carbocycles. The predicted octanol–water partition coefficient (Wildman–Crippen LogP) is 2.05. The Bertz CT molecular complexity index is 485. The number of nitrogens with zero attached hydrogens (tertiary/aromatic N) is 4. The van der Waals surface area contributed by atoms with Crippen molar-refractivity contribution < 1.29 is 9.47 Å². The minimum Gasteiger partial charge on any atom is -0.379 e. The summed E-state index contributed by atoms with van der Waals surface area (Å²) in [5, 5.41) is 0. The molecule has 0 aliphatic carbocycles. The van der Waals surface area contributed by atoms with E-state index >= 15 is 0 Å². The fraction of sp³-hybridized carbons (Fsp3) is 0.765. The number of ether oxygens (including phenoxy) is 2. The van der Waals surface area contributed by atoms with Gasteiger partial charge in [0.25, 0.3) is 0 Å². The van der Waals surface area contributed by atoms with Crippen LogP contribution in [0.25, 0.3) is 0 Å². The Hall–Kier alpha value is -1.40. The van der Waals surface area contributed by atoms with Crippen molar-refractivity contribution in [3.8, 4) is 0 Å². The van der Waals surface area contributed by atoms with Crippen molar-refractivity contribution in [1.29, 1.82) is 0 Å². The molecule has 3 heterocycles. The summed E-state index contributed by atoms with van der Waals surface area (Å²) in [7, 11) is 4.18. The van der Waals surface area contributed by atoms with Crippen molar-refractivity contribution in [3.05, 3.63) is 11.8 Å². The van der Waals surface area contributed by atoms with Crippen molar-refractivity contribution in [2.45, 2.75) is 44.7 Å². The minimum atomic E-state index is 0.366. The first-order chi connectivity index (χ1) is 11.1. The maximum absolute atomic E-state index is 5.52. The summed E-state index contributed by atoms with van der Waals surface area (Å²) in [6.45, 7) is 7.54. The van der Waals surface area contributed by atoms with E-state index in [0.717, 1.165) is 56.7 Å². The molecular formula is C17H28N4O2. The zero-order chi connectivity index (χ0) is 16.4. The van der Waals surface area contributed by atoms with Gasteiger partial charge in [0.15, 0.2) is 0 Å². The van der Waals surface area contributed by atoms with Gasteiger partial charge in [0.1, 0.15) is 5.82 Å². The lowest BCUT2D eigenvalue weighted by Crippen LogP contribution is -2.36. The summed E-state index contributed by atoms with van der Waals surface area (Å²) in [6, 6.07) is 2.88. The van der Waals surface area contributed by atoms with Crippen LogP contribution in [0.15, 0.2) is 6.07 Å². The highest BCUT2D eigenvalue weighted by molar-refractivity contribution is 5.47. The van der Waals surface area contributed by atoms with Gasteiger partial charge >= 0.3 is 0 Å². The first-order valence-electron chi connectivity index (χ1n) is 8.56. The molecule has 6 nitrogen and oxygen atoms in total. The molecular weight excluding hydrogens is 292 g/mol. The summed E-state index contributed by atoms with van der Waals surface area (Å²) in [6.07, 6.45) is 2.09. The van der Waals surface area contributed by atoms with E-state index in [2.05, 4.69) is 43.8 Å². The summed E-state index contributed by atoms with van der Waals surface area (Å²) in [4.78, 5) is 14.0. The molecule has 3 rings (SSSR count). The van der Waals surface area contributed by atoms with Gasteiger partial charge < -0.3 is 19.3 Å². The van der Waals surface area contributed by atoms with Crippen LogP contribution in [0.3, 0.4) is 0 Å². The van der Waals surface area contributed by atoms with Gasteiger partial charge in [-0.25, -0.2) is 4.98 Å². The van der Waals surface area contributed by atoms with Gasteiger partial charge in [-0.3, -0.25) is 0 Å². The van der Waals surface area contributed by atoms with E-state index in [-0.39, 0.29) is 0 Å². The molecule has 23 heavy (non-hydrogen) atoms. The molecule has 2 fully saturated rings. The minimum absolute atomic E-state index is 0.366. The maximum atomic E-state index is 5.52. The largest absolute Gasteiger partial charge is 0.379 e. The lowest BCUT2D eigenvalue weighted by molar-refractivity contribution is 0.193. The number of rotatable bonds is 5. The van der Waals surface area contributed by atoms with Crippen LogP contribution < -0.4 is 9.80 Å². The molecule has 0 radical (unpaired) electrons. The van der Waals surface area contributed by atoms with Crippen LogP contribution >= 0.6 is 0 Å². The highest BCUT2D eigenvalue weighted by Crippen LogP contribution is 2.26. The lowest BCUT2D eigenvalue weighted by atomic mass is 10.1. The second-order valence-corrected chi connectivity index (χ2v) is 6.86. The molecule has 1 aromatic heterocycles. The highest BCUT2D eigenvalue weighted by atomic mass is 16.5. The third kappa shape index (κ3) is 3.58. The second kappa shape index (κ2) is 7.01. The number of hydrogen-bond acceptors (Lipinski definition) is 6. The van der Waals surface area contributed by atoms with E-state index in [1.165, 1.54) is 0 Å². The predicted molar refractivity (Wildman–Crippen MR) is 91.4 cm³/mol. The fourth-order valence-electron chi connectivity index (χ4n) is 3.08. The van der Waals surface area contributed by atoms with Gasteiger partial charge in [-0.05, 0) is 18.8 Å². The molecule has 2 atom stereocenters. The van der Waals surface area contributed by atoms with E-state index in [1.807, 2.05) is 0 Å². The smallest absolute Gasteiger partial charge is 0.227 e. The molecule has 0 spiro atoms. The highest BCUT2D eigenvalue weighted by Gasteiger charge is 2.26. The average molecular weight is 320 g/mol. The molecule has 2 saturated heterocycles. The summed E-state index contributed by atoms with van der Waals surface area (Å²) in [5.41, 5.74) is 1.08. The third-order valence-corrected chi connectivity index (χ3v) is 4.90. The number of hydrogen-bond donors (Lipinski definition) is 0. The fourth-order valence-corrected chi connectivity index (χ4v) is 3.08. The maximum Gasteiger partial charge on any atom is 0.227 e. The zero-order valence-electron chi connectivity index (χ0n) is 14.7. The number of aromatic nitrogens is 2.